The second-order valence-corrected chi connectivity index (χ2v) is 6.40. The minimum atomic E-state index is -0.837. The number of hydrogen-bond acceptors (Lipinski definition) is 3. The third-order valence-corrected chi connectivity index (χ3v) is 4.16. The molecule has 0 radical (unpaired) electrons. The molecule has 6 nitrogen and oxygen atoms in total. The second kappa shape index (κ2) is 5.36. The van der Waals surface area contributed by atoms with Gasteiger partial charge in [0, 0.05) is 25.2 Å². The van der Waals surface area contributed by atoms with Crippen LogP contribution in [0.5, 0.6) is 0 Å². The summed E-state index contributed by atoms with van der Waals surface area (Å²) in [6.07, 6.45) is 0.507. The van der Waals surface area contributed by atoms with E-state index in [1.807, 2.05) is 32.8 Å². The Morgan fingerprint density at radius 1 is 1.42 bits per heavy atom. The molecule has 0 saturated carbocycles. The number of carboxylic acid groups (broad SMARTS) is 1. The van der Waals surface area contributed by atoms with E-state index in [1.165, 1.54) is 0 Å². The summed E-state index contributed by atoms with van der Waals surface area (Å²) < 4.78 is 0. The summed E-state index contributed by atoms with van der Waals surface area (Å²) in [4.78, 5) is 26.8. The molecule has 19 heavy (non-hydrogen) atoms. The Hall–Kier alpha value is -1.30. The van der Waals surface area contributed by atoms with Crippen LogP contribution < -0.4 is 5.32 Å². The summed E-state index contributed by atoms with van der Waals surface area (Å²) in [6, 6.07) is -0.181. The fourth-order valence-electron chi connectivity index (χ4n) is 1.87. The van der Waals surface area contributed by atoms with Gasteiger partial charge in [0.1, 0.15) is 0 Å². The summed E-state index contributed by atoms with van der Waals surface area (Å²) in [5.74, 6) is -0.837. The summed E-state index contributed by atoms with van der Waals surface area (Å²) in [5, 5.41) is 12.0. The van der Waals surface area contributed by atoms with Crippen molar-refractivity contribution in [3.63, 3.8) is 0 Å². The quantitative estimate of drug-likeness (QED) is 0.794. The van der Waals surface area contributed by atoms with Gasteiger partial charge in [-0.2, -0.15) is 0 Å². The minimum absolute atomic E-state index is 0.133. The molecule has 1 atom stereocenters. The number of urea groups is 1. The number of nitrogens with one attached hydrogen (secondary N) is 1. The van der Waals surface area contributed by atoms with Gasteiger partial charge in [-0.25, -0.2) is 4.79 Å². The molecule has 1 rings (SSSR count). The van der Waals surface area contributed by atoms with Gasteiger partial charge in [0.15, 0.2) is 0 Å². The molecule has 0 bridgehead atoms. The number of rotatable bonds is 4. The molecule has 1 fully saturated rings. The highest BCUT2D eigenvalue weighted by atomic mass is 16.4. The lowest BCUT2D eigenvalue weighted by molar-refractivity contribution is -0.147. The van der Waals surface area contributed by atoms with E-state index in [4.69, 9.17) is 5.11 Å². The molecule has 1 aliphatic rings. The van der Waals surface area contributed by atoms with Crippen LogP contribution in [0.3, 0.4) is 0 Å². The van der Waals surface area contributed by atoms with Gasteiger partial charge in [-0.05, 0) is 41.3 Å². The second-order valence-electron chi connectivity index (χ2n) is 6.40. The van der Waals surface area contributed by atoms with Crippen molar-refractivity contribution in [2.45, 2.75) is 32.7 Å². The molecule has 2 amide bonds. The van der Waals surface area contributed by atoms with Crippen LogP contribution in [0.1, 0.15) is 27.2 Å². The number of amides is 2. The highest BCUT2D eigenvalue weighted by Gasteiger charge is 2.42. The zero-order valence-corrected chi connectivity index (χ0v) is 12.5. The van der Waals surface area contributed by atoms with Crippen molar-refractivity contribution in [3.8, 4) is 0 Å². The van der Waals surface area contributed by atoms with E-state index >= 15 is 0 Å². The van der Waals surface area contributed by atoms with Gasteiger partial charge in [-0.1, -0.05) is 0 Å². The van der Waals surface area contributed by atoms with Crippen LogP contribution in [0.2, 0.25) is 0 Å². The van der Waals surface area contributed by atoms with Crippen LogP contribution in [0.25, 0.3) is 0 Å². The third kappa shape index (κ3) is 3.59. The first kappa shape index (κ1) is 15.8. The van der Waals surface area contributed by atoms with E-state index < -0.39 is 11.4 Å². The van der Waals surface area contributed by atoms with Gasteiger partial charge in [0.05, 0.1) is 5.41 Å². The van der Waals surface area contributed by atoms with Crippen LogP contribution in [0.15, 0.2) is 0 Å². The van der Waals surface area contributed by atoms with E-state index in [-0.39, 0.29) is 18.1 Å². The highest BCUT2D eigenvalue weighted by Crippen LogP contribution is 2.29. The summed E-state index contributed by atoms with van der Waals surface area (Å²) in [7, 11) is 3.92. The van der Waals surface area contributed by atoms with Gasteiger partial charge in [-0.3, -0.25) is 4.79 Å². The molecule has 0 aromatic carbocycles. The number of nitrogens with zero attached hydrogens (tertiary/aromatic N) is 2. The topological polar surface area (TPSA) is 72.9 Å². The van der Waals surface area contributed by atoms with Crippen molar-refractivity contribution < 1.29 is 14.7 Å². The lowest BCUT2D eigenvalue weighted by Crippen LogP contribution is -2.51. The van der Waals surface area contributed by atoms with Crippen molar-refractivity contribution in [1.29, 1.82) is 0 Å². The Labute approximate surface area is 114 Å². The molecule has 0 spiro atoms. The van der Waals surface area contributed by atoms with Crippen molar-refractivity contribution in [1.82, 2.24) is 15.1 Å². The van der Waals surface area contributed by atoms with Gasteiger partial charge in [0.25, 0.3) is 0 Å². The van der Waals surface area contributed by atoms with E-state index in [0.29, 0.717) is 19.5 Å². The number of likely N-dealkylation sites (tertiary alicyclic amines) is 1. The molecule has 1 heterocycles. The SMILES string of the molecule is CN(C)C(C)(C)CNC(=O)N1CCC(C)(C(=O)O)C1. The molecule has 110 valence electrons. The smallest absolute Gasteiger partial charge is 0.317 e. The molecule has 0 aliphatic carbocycles. The van der Waals surface area contributed by atoms with E-state index in [2.05, 4.69) is 5.32 Å². The fourth-order valence-corrected chi connectivity index (χ4v) is 1.87. The zero-order chi connectivity index (χ0) is 14.8. The third-order valence-electron chi connectivity index (χ3n) is 4.16. The zero-order valence-electron chi connectivity index (χ0n) is 12.5. The standard InChI is InChI=1S/C13H25N3O3/c1-12(2,15(4)5)8-14-11(19)16-7-6-13(3,9-16)10(17)18/h6-9H2,1-5H3,(H,14,19)(H,17,18). The summed E-state index contributed by atoms with van der Waals surface area (Å²) >= 11 is 0. The molecule has 1 saturated heterocycles. The van der Waals surface area contributed by atoms with Crippen molar-refractivity contribution >= 4 is 12.0 Å². The van der Waals surface area contributed by atoms with Crippen LogP contribution in [0, 0.1) is 5.41 Å². The molecule has 1 aliphatic heterocycles. The van der Waals surface area contributed by atoms with Gasteiger partial charge in [-0.15, -0.1) is 0 Å². The van der Waals surface area contributed by atoms with Crippen LogP contribution in [-0.4, -0.2) is 66.2 Å². The minimum Gasteiger partial charge on any atom is -0.481 e. The first-order valence-electron chi connectivity index (χ1n) is 6.52. The van der Waals surface area contributed by atoms with Gasteiger partial charge < -0.3 is 20.2 Å². The molecule has 6 heteroatoms. The maximum absolute atomic E-state index is 12.0. The monoisotopic (exact) mass is 271 g/mol. The normalized spacial score (nSPS) is 23.8. The maximum Gasteiger partial charge on any atom is 0.317 e. The van der Waals surface area contributed by atoms with E-state index in [1.54, 1.807) is 11.8 Å². The Bertz CT molecular complexity index is 368. The summed E-state index contributed by atoms with van der Waals surface area (Å²) in [6.45, 7) is 7.07. The van der Waals surface area contributed by atoms with Gasteiger partial charge in [0.2, 0.25) is 0 Å². The maximum atomic E-state index is 12.0. The largest absolute Gasteiger partial charge is 0.481 e. The molecular weight excluding hydrogens is 246 g/mol. The van der Waals surface area contributed by atoms with E-state index in [0.717, 1.165) is 0 Å². The van der Waals surface area contributed by atoms with Crippen LogP contribution >= 0.6 is 0 Å². The number of likely N-dealkylation sites (N-methyl/N-ethyl adjacent to an activating group) is 1. The predicted octanol–water partition coefficient (Wildman–Crippen LogP) is 0.833. The molecule has 2 N–H and O–H groups in total. The number of carboxylic acids is 1. The van der Waals surface area contributed by atoms with Crippen molar-refractivity contribution in [2.75, 3.05) is 33.7 Å². The van der Waals surface area contributed by atoms with Crippen molar-refractivity contribution in [2.24, 2.45) is 5.41 Å². The lowest BCUT2D eigenvalue weighted by Gasteiger charge is -2.33. The van der Waals surface area contributed by atoms with Gasteiger partial charge >= 0.3 is 12.0 Å². The fraction of sp³-hybridized carbons (Fsp3) is 0.846. The molecule has 1 unspecified atom stereocenters. The first-order chi connectivity index (χ1) is 8.58. The first-order valence-corrected chi connectivity index (χ1v) is 6.52. The average molecular weight is 271 g/mol. The number of hydrogen-bond donors (Lipinski definition) is 2. The Morgan fingerprint density at radius 3 is 2.42 bits per heavy atom. The number of carbonyl (C=O) groups is 2. The number of carbonyl (C=O) groups excluding carboxylic acids is 1. The van der Waals surface area contributed by atoms with Crippen LogP contribution in [-0.2, 0) is 4.79 Å². The van der Waals surface area contributed by atoms with Crippen LogP contribution in [0.4, 0.5) is 4.79 Å². The lowest BCUT2D eigenvalue weighted by atomic mass is 9.90. The molecule has 0 aromatic rings. The highest BCUT2D eigenvalue weighted by molar-refractivity contribution is 5.79. The Morgan fingerprint density at radius 2 is 2.00 bits per heavy atom. The Balaban J connectivity index is 2.51. The average Bonchev–Trinajstić information content (AvgIpc) is 2.70. The number of aliphatic carboxylic acids is 1. The molecule has 0 aromatic heterocycles. The van der Waals surface area contributed by atoms with Crippen molar-refractivity contribution in [3.05, 3.63) is 0 Å². The summed E-state index contributed by atoms with van der Waals surface area (Å²) in [5.41, 5.74) is -0.945. The van der Waals surface area contributed by atoms with E-state index in [9.17, 15) is 9.59 Å². The predicted molar refractivity (Wildman–Crippen MR) is 73.1 cm³/mol. The Kier molecular flexibility index (Phi) is 4.45. The molecular formula is C13H25N3O3.